The number of fused-ring (bicyclic) bond motifs is 1. The maximum absolute atomic E-state index is 12.2. The molecule has 0 N–H and O–H groups in total. The zero-order chi connectivity index (χ0) is 15.8. The molecule has 6 heteroatoms. The molecule has 0 saturated carbocycles. The number of hydrogen-bond donors (Lipinski definition) is 0. The lowest BCUT2D eigenvalue weighted by molar-refractivity contribution is 0.471. The Morgan fingerprint density at radius 2 is 2.04 bits per heavy atom. The third-order valence-corrected chi connectivity index (χ3v) is 6.13. The van der Waals surface area contributed by atoms with Gasteiger partial charge in [-0.1, -0.05) is 24.3 Å². The van der Waals surface area contributed by atoms with Crippen molar-refractivity contribution in [1.29, 1.82) is 0 Å². The highest BCUT2D eigenvalue weighted by molar-refractivity contribution is 7.86. The van der Waals surface area contributed by atoms with E-state index in [4.69, 9.17) is 4.74 Å². The average Bonchev–Trinajstić information content (AvgIpc) is 3.16. The van der Waals surface area contributed by atoms with E-state index in [-0.39, 0.29) is 0 Å². The van der Waals surface area contributed by atoms with Crippen LogP contribution in [0.15, 0.2) is 41.8 Å². The molecule has 0 aliphatic carbocycles. The Kier molecular flexibility index (Phi) is 3.79. The van der Waals surface area contributed by atoms with Crippen LogP contribution in [0.2, 0.25) is 0 Å². The van der Waals surface area contributed by atoms with Gasteiger partial charge in [-0.25, -0.2) is 9.19 Å². The summed E-state index contributed by atoms with van der Waals surface area (Å²) in [5, 5.41) is 4.97. The fourth-order valence-corrected chi connectivity index (χ4v) is 4.66. The van der Waals surface area contributed by atoms with Gasteiger partial charge in [-0.05, 0) is 25.5 Å². The first kappa shape index (κ1) is 14.7. The molecule has 1 aliphatic heterocycles. The smallest absolute Gasteiger partial charge is 0.230 e. The monoisotopic (exact) mass is 344 g/mol. The number of hydrogen-bond acceptors (Lipinski definition) is 4. The molecule has 2 aromatic carbocycles. The van der Waals surface area contributed by atoms with E-state index in [1.54, 1.807) is 11.3 Å². The predicted octanol–water partition coefficient (Wildman–Crippen LogP) is 4.27. The molecule has 1 unspecified atom stereocenters. The van der Waals surface area contributed by atoms with Gasteiger partial charge in [-0.3, -0.25) is 4.31 Å². The molecule has 0 bridgehead atoms. The Labute approximate surface area is 141 Å². The molecule has 4 rings (SSSR count). The van der Waals surface area contributed by atoms with E-state index in [0.29, 0.717) is 5.88 Å². The Hall–Kier alpha value is -1.92. The fraction of sp³-hybridized carbons (Fsp3) is 0.235. The van der Waals surface area contributed by atoms with E-state index in [2.05, 4.69) is 11.1 Å². The van der Waals surface area contributed by atoms with Gasteiger partial charge in [0.15, 0.2) is 0 Å². The van der Waals surface area contributed by atoms with Crippen molar-refractivity contribution in [3.8, 4) is 11.6 Å². The van der Waals surface area contributed by atoms with Gasteiger partial charge in [-0.15, -0.1) is 11.3 Å². The topological polar surface area (TPSA) is 42.4 Å². The SMILES string of the molecule is Cc1nc(Oc2ccc(N3CCCS3=O)c3ccccc23)cs1. The third kappa shape index (κ3) is 2.72. The van der Waals surface area contributed by atoms with Crippen LogP contribution in [0.25, 0.3) is 10.8 Å². The van der Waals surface area contributed by atoms with Crippen LogP contribution in [0.4, 0.5) is 5.69 Å². The Morgan fingerprint density at radius 1 is 1.22 bits per heavy atom. The van der Waals surface area contributed by atoms with E-state index in [1.165, 1.54) is 0 Å². The number of nitrogens with zero attached hydrogens (tertiary/aromatic N) is 2. The van der Waals surface area contributed by atoms with Crippen LogP contribution in [-0.2, 0) is 11.0 Å². The molecule has 3 aromatic rings. The third-order valence-electron chi connectivity index (χ3n) is 3.87. The molecular weight excluding hydrogens is 328 g/mol. The summed E-state index contributed by atoms with van der Waals surface area (Å²) in [6.07, 6.45) is 0.970. The second kappa shape index (κ2) is 5.94. The van der Waals surface area contributed by atoms with Gasteiger partial charge in [0.25, 0.3) is 0 Å². The fourth-order valence-electron chi connectivity index (χ4n) is 2.84. The van der Waals surface area contributed by atoms with Gasteiger partial charge in [0.05, 0.1) is 16.1 Å². The number of aromatic nitrogens is 1. The minimum absolute atomic E-state index is 0.621. The summed E-state index contributed by atoms with van der Waals surface area (Å²) < 4.78 is 20.1. The van der Waals surface area contributed by atoms with Crippen LogP contribution >= 0.6 is 11.3 Å². The molecule has 0 spiro atoms. The number of thiazole rings is 1. The first-order valence-corrected chi connectivity index (χ1v) is 9.66. The van der Waals surface area contributed by atoms with Crippen molar-refractivity contribution in [1.82, 2.24) is 4.98 Å². The van der Waals surface area contributed by atoms with Crippen molar-refractivity contribution >= 4 is 38.8 Å². The standard InChI is InChI=1S/C17H16N2O2S2/c1-12-18-17(11-22-12)21-16-8-7-15(19-9-4-10-23(19)20)13-5-2-3-6-14(13)16/h2-3,5-8,11H,4,9-10H2,1H3. The van der Waals surface area contributed by atoms with Gasteiger partial charge >= 0.3 is 0 Å². The quantitative estimate of drug-likeness (QED) is 0.712. The van der Waals surface area contributed by atoms with Crippen LogP contribution in [0.5, 0.6) is 11.6 Å². The normalized spacial score (nSPS) is 17.8. The summed E-state index contributed by atoms with van der Waals surface area (Å²) in [5.74, 6) is 2.14. The number of ether oxygens (including phenoxy) is 1. The van der Waals surface area contributed by atoms with Crippen molar-refractivity contribution < 1.29 is 8.95 Å². The molecule has 1 atom stereocenters. The van der Waals surface area contributed by atoms with Crippen LogP contribution < -0.4 is 9.04 Å². The van der Waals surface area contributed by atoms with E-state index >= 15 is 0 Å². The van der Waals surface area contributed by atoms with E-state index in [9.17, 15) is 4.21 Å². The van der Waals surface area contributed by atoms with Crippen molar-refractivity contribution in [3.63, 3.8) is 0 Å². The summed E-state index contributed by atoms with van der Waals surface area (Å²) in [7, 11) is -0.927. The van der Waals surface area contributed by atoms with Crippen molar-refractivity contribution in [2.75, 3.05) is 16.6 Å². The predicted molar refractivity (Wildman–Crippen MR) is 95.8 cm³/mol. The zero-order valence-corrected chi connectivity index (χ0v) is 14.3. The van der Waals surface area contributed by atoms with E-state index in [0.717, 1.165) is 45.9 Å². The summed E-state index contributed by atoms with van der Waals surface area (Å²) in [6, 6.07) is 12.0. The van der Waals surface area contributed by atoms with Gasteiger partial charge in [0.2, 0.25) is 5.88 Å². The molecule has 4 nitrogen and oxygen atoms in total. The van der Waals surface area contributed by atoms with Gasteiger partial charge in [-0.2, -0.15) is 0 Å². The molecular formula is C17H16N2O2S2. The minimum Gasteiger partial charge on any atom is -0.437 e. The molecule has 1 aliphatic rings. The van der Waals surface area contributed by atoms with Crippen molar-refractivity contribution in [2.24, 2.45) is 0 Å². The summed E-state index contributed by atoms with van der Waals surface area (Å²) in [6.45, 7) is 2.80. The maximum Gasteiger partial charge on any atom is 0.230 e. The van der Waals surface area contributed by atoms with Gasteiger partial charge < -0.3 is 4.74 Å². The number of aryl methyl sites for hydroxylation is 1. The molecule has 1 fully saturated rings. The van der Waals surface area contributed by atoms with Crippen molar-refractivity contribution in [2.45, 2.75) is 13.3 Å². The summed E-state index contributed by atoms with van der Waals surface area (Å²) >= 11 is 1.57. The average molecular weight is 344 g/mol. The lowest BCUT2D eigenvalue weighted by Gasteiger charge is -2.19. The lowest BCUT2D eigenvalue weighted by Crippen LogP contribution is -2.19. The van der Waals surface area contributed by atoms with E-state index < -0.39 is 11.0 Å². The highest BCUT2D eigenvalue weighted by Crippen LogP contribution is 2.37. The molecule has 2 heterocycles. The highest BCUT2D eigenvalue weighted by Gasteiger charge is 2.23. The lowest BCUT2D eigenvalue weighted by atomic mass is 10.1. The molecule has 1 aromatic heterocycles. The van der Waals surface area contributed by atoms with Crippen LogP contribution in [0.3, 0.4) is 0 Å². The van der Waals surface area contributed by atoms with Crippen molar-refractivity contribution in [3.05, 3.63) is 46.8 Å². The Morgan fingerprint density at radius 3 is 2.74 bits per heavy atom. The number of benzene rings is 2. The molecule has 0 radical (unpaired) electrons. The molecule has 0 amide bonds. The summed E-state index contributed by atoms with van der Waals surface area (Å²) in [5.41, 5.74) is 1.01. The van der Waals surface area contributed by atoms with Crippen LogP contribution in [0, 0.1) is 6.92 Å². The van der Waals surface area contributed by atoms with Crippen LogP contribution in [0.1, 0.15) is 11.4 Å². The van der Waals surface area contributed by atoms with Gasteiger partial charge in [0.1, 0.15) is 16.7 Å². The Bertz CT molecular complexity index is 891. The number of anilines is 1. The largest absolute Gasteiger partial charge is 0.437 e. The first-order chi connectivity index (χ1) is 11.2. The maximum atomic E-state index is 12.2. The second-order valence-corrected chi connectivity index (χ2v) is 7.97. The minimum atomic E-state index is -0.927. The van der Waals surface area contributed by atoms with E-state index in [1.807, 2.05) is 46.9 Å². The second-order valence-electron chi connectivity index (χ2n) is 5.42. The highest BCUT2D eigenvalue weighted by atomic mass is 32.2. The molecule has 1 saturated heterocycles. The summed E-state index contributed by atoms with van der Waals surface area (Å²) in [4.78, 5) is 4.36. The first-order valence-electron chi connectivity index (χ1n) is 7.50. The molecule has 118 valence electrons. The van der Waals surface area contributed by atoms with Gasteiger partial charge in [0, 0.05) is 23.1 Å². The number of rotatable bonds is 3. The van der Waals surface area contributed by atoms with Crippen LogP contribution in [-0.4, -0.2) is 21.5 Å². The molecule has 23 heavy (non-hydrogen) atoms. The zero-order valence-electron chi connectivity index (χ0n) is 12.7. The Balaban J connectivity index is 1.80.